The van der Waals surface area contributed by atoms with Crippen LogP contribution in [0.15, 0.2) is 46.8 Å². The molecular weight excluding hydrogens is 352 g/mol. The Balaban J connectivity index is 0.000000202. The number of aliphatic imine (C=N–C) groups is 1. The highest BCUT2D eigenvalue weighted by molar-refractivity contribution is 7.09. The average molecular weight is 389 g/mol. The van der Waals surface area contributed by atoms with Gasteiger partial charge in [0.05, 0.1) is 10.5 Å². The van der Waals surface area contributed by atoms with E-state index in [1.807, 2.05) is 34.7 Å². The third-order valence-corrected chi connectivity index (χ3v) is 4.88. The van der Waals surface area contributed by atoms with Crippen LogP contribution in [-0.2, 0) is 11.0 Å². The third-order valence-electron chi connectivity index (χ3n) is 3.68. The molecule has 0 unspecified atom stereocenters. The molecule has 0 fully saturated rings. The van der Waals surface area contributed by atoms with Crippen molar-refractivity contribution < 1.29 is 0 Å². The molecule has 4 nitrogen and oxygen atoms in total. The van der Waals surface area contributed by atoms with Crippen LogP contribution in [-0.4, -0.2) is 21.0 Å². The molecule has 0 spiro atoms. The molecule has 0 saturated heterocycles. The molecule has 0 radical (unpaired) electrons. The van der Waals surface area contributed by atoms with Crippen molar-refractivity contribution in [2.24, 2.45) is 10.4 Å². The van der Waals surface area contributed by atoms with Crippen molar-refractivity contribution in [2.45, 2.75) is 79.7 Å². The molecule has 0 aromatic carbocycles. The molecule has 1 aliphatic heterocycles. The standard InChI is InChI=1S/C8H13N.C7H12N2.C7H11NS/c1-8(2,3)7-5-4-6-9-7;1-7(2,3)9-6-4-5-8-9;1-7(2,3)6-8-4-5-9-6/h5-6H,4H2,1-3H3;4-6H,1-3H3;4-5H,1-3H3. The summed E-state index contributed by atoms with van der Waals surface area (Å²) >= 11 is 1.72. The van der Waals surface area contributed by atoms with Gasteiger partial charge < -0.3 is 0 Å². The van der Waals surface area contributed by atoms with Crippen LogP contribution < -0.4 is 0 Å². The molecule has 0 N–H and O–H groups in total. The Bertz CT molecular complexity index is 660. The molecule has 0 bridgehead atoms. The highest BCUT2D eigenvalue weighted by atomic mass is 32.1. The van der Waals surface area contributed by atoms with Crippen LogP contribution in [0.3, 0.4) is 0 Å². The Labute approximate surface area is 169 Å². The van der Waals surface area contributed by atoms with E-state index >= 15 is 0 Å². The van der Waals surface area contributed by atoms with E-state index in [1.165, 1.54) is 10.7 Å². The fourth-order valence-corrected chi connectivity index (χ4v) is 2.85. The van der Waals surface area contributed by atoms with Crippen molar-refractivity contribution in [1.29, 1.82) is 0 Å². The SMILES string of the molecule is CC(C)(C)C1=CCC=N1.CC(C)(C)c1nccs1.CC(C)(C)n1cccn1. The van der Waals surface area contributed by atoms with Gasteiger partial charge in [0.15, 0.2) is 0 Å². The smallest absolute Gasteiger partial charge is 0.0978 e. The Morgan fingerprint density at radius 1 is 0.926 bits per heavy atom. The fourth-order valence-electron chi connectivity index (χ4n) is 2.13. The fraction of sp³-hybridized carbons (Fsp3) is 0.591. The molecule has 2 aromatic heterocycles. The zero-order valence-corrected chi connectivity index (χ0v) is 19.3. The van der Waals surface area contributed by atoms with Crippen molar-refractivity contribution in [3.8, 4) is 0 Å². The summed E-state index contributed by atoms with van der Waals surface area (Å²) in [5, 5.41) is 7.33. The minimum atomic E-state index is 0.128. The number of nitrogens with zero attached hydrogens (tertiary/aromatic N) is 4. The van der Waals surface area contributed by atoms with E-state index in [9.17, 15) is 0 Å². The van der Waals surface area contributed by atoms with Crippen LogP contribution in [0.5, 0.6) is 0 Å². The van der Waals surface area contributed by atoms with Crippen molar-refractivity contribution in [2.75, 3.05) is 0 Å². The molecule has 1 aliphatic rings. The highest BCUT2D eigenvalue weighted by Crippen LogP contribution is 2.28. The molecule has 3 rings (SSSR count). The monoisotopic (exact) mass is 388 g/mol. The maximum Gasteiger partial charge on any atom is 0.0978 e. The molecule has 5 heteroatoms. The van der Waals surface area contributed by atoms with Gasteiger partial charge in [-0.25, -0.2) is 4.98 Å². The lowest BCUT2D eigenvalue weighted by molar-refractivity contribution is 0.355. The molecule has 0 atom stereocenters. The van der Waals surface area contributed by atoms with Gasteiger partial charge in [-0.2, -0.15) is 5.10 Å². The second kappa shape index (κ2) is 9.45. The van der Waals surface area contributed by atoms with E-state index in [0.717, 1.165) is 6.42 Å². The number of allylic oxidation sites excluding steroid dienone is 2. The lowest BCUT2D eigenvalue weighted by Gasteiger charge is -2.18. The minimum absolute atomic E-state index is 0.128. The van der Waals surface area contributed by atoms with Gasteiger partial charge in [-0.1, -0.05) is 47.6 Å². The molecule has 3 heterocycles. The predicted octanol–water partition coefficient (Wildman–Crippen LogP) is 6.47. The van der Waals surface area contributed by atoms with Crippen LogP contribution in [0.25, 0.3) is 0 Å². The summed E-state index contributed by atoms with van der Waals surface area (Å²) in [5.41, 5.74) is 1.83. The number of hydrogen-bond donors (Lipinski definition) is 0. The summed E-state index contributed by atoms with van der Waals surface area (Å²) in [6, 6.07) is 1.94. The summed E-state index contributed by atoms with van der Waals surface area (Å²) in [4.78, 5) is 8.45. The molecular formula is C22H36N4S. The summed E-state index contributed by atoms with van der Waals surface area (Å²) in [7, 11) is 0. The van der Waals surface area contributed by atoms with Gasteiger partial charge >= 0.3 is 0 Å². The normalized spacial score (nSPS) is 14.0. The lowest BCUT2D eigenvalue weighted by atomic mass is 9.92. The van der Waals surface area contributed by atoms with Crippen molar-refractivity contribution in [1.82, 2.24) is 14.8 Å². The Kier molecular flexibility index (Phi) is 8.15. The number of rotatable bonds is 0. The van der Waals surface area contributed by atoms with E-state index in [0.29, 0.717) is 0 Å². The van der Waals surface area contributed by atoms with Gasteiger partial charge in [-0.3, -0.25) is 9.67 Å². The maximum absolute atomic E-state index is 4.24. The van der Waals surface area contributed by atoms with Crippen molar-refractivity contribution in [3.63, 3.8) is 0 Å². The molecule has 0 saturated carbocycles. The van der Waals surface area contributed by atoms with Gasteiger partial charge in [0.2, 0.25) is 0 Å². The number of aromatic nitrogens is 3. The van der Waals surface area contributed by atoms with Crippen LogP contribution in [0.2, 0.25) is 0 Å². The molecule has 0 aliphatic carbocycles. The van der Waals surface area contributed by atoms with Gasteiger partial charge in [-0.05, 0) is 26.8 Å². The quantitative estimate of drug-likeness (QED) is 0.519. The third kappa shape index (κ3) is 8.65. The van der Waals surface area contributed by atoms with Crippen LogP contribution in [0.1, 0.15) is 73.7 Å². The summed E-state index contributed by atoms with van der Waals surface area (Å²) in [6.07, 6.45) is 10.8. The van der Waals surface area contributed by atoms with Crippen LogP contribution in [0, 0.1) is 5.41 Å². The molecule has 0 amide bonds. The van der Waals surface area contributed by atoms with Crippen molar-refractivity contribution >= 4 is 17.6 Å². The van der Waals surface area contributed by atoms with E-state index in [-0.39, 0.29) is 16.4 Å². The first kappa shape index (κ1) is 23.3. The van der Waals surface area contributed by atoms with E-state index in [4.69, 9.17) is 0 Å². The Morgan fingerprint density at radius 2 is 1.59 bits per heavy atom. The van der Waals surface area contributed by atoms with Gasteiger partial charge in [0.1, 0.15) is 0 Å². The zero-order chi connectivity index (χ0) is 20.7. The molecule has 27 heavy (non-hydrogen) atoms. The zero-order valence-electron chi connectivity index (χ0n) is 18.4. The Morgan fingerprint density at radius 3 is 1.81 bits per heavy atom. The van der Waals surface area contributed by atoms with Gasteiger partial charge in [0, 0.05) is 53.1 Å². The second-order valence-corrected chi connectivity index (χ2v) is 10.5. The maximum atomic E-state index is 4.24. The largest absolute Gasteiger partial charge is 0.268 e. The van der Waals surface area contributed by atoms with Gasteiger partial charge in [0.25, 0.3) is 0 Å². The minimum Gasteiger partial charge on any atom is -0.268 e. The van der Waals surface area contributed by atoms with Crippen molar-refractivity contribution in [3.05, 3.63) is 46.8 Å². The van der Waals surface area contributed by atoms with Crippen LogP contribution >= 0.6 is 11.3 Å². The molecule has 150 valence electrons. The first-order chi connectivity index (χ1) is 12.3. The second-order valence-electron chi connectivity index (χ2n) is 9.60. The molecule has 2 aromatic rings. The Hall–Kier alpha value is -1.75. The van der Waals surface area contributed by atoms with Crippen LogP contribution in [0.4, 0.5) is 0 Å². The topological polar surface area (TPSA) is 43.1 Å². The first-order valence-electron chi connectivity index (χ1n) is 9.45. The van der Waals surface area contributed by atoms with E-state index in [2.05, 4.69) is 83.5 Å². The summed E-state index contributed by atoms with van der Waals surface area (Å²) < 4.78 is 1.94. The average Bonchev–Trinajstić information content (AvgIpc) is 3.28. The number of thiazole rings is 1. The van der Waals surface area contributed by atoms with Gasteiger partial charge in [-0.15, -0.1) is 11.3 Å². The van der Waals surface area contributed by atoms with E-state index < -0.39 is 0 Å². The van der Waals surface area contributed by atoms with E-state index in [1.54, 1.807) is 17.5 Å². The predicted molar refractivity (Wildman–Crippen MR) is 119 cm³/mol. The first-order valence-corrected chi connectivity index (χ1v) is 10.3. The number of hydrogen-bond acceptors (Lipinski definition) is 4. The summed E-state index contributed by atoms with van der Waals surface area (Å²) in [5.74, 6) is 0. The summed E-state index contributed by atoms with van der Waals surface area (Å²) in [6.45, 7) is 19.4. The lowest BCUT2D eigenvalue weighted by Crippen LogP contribution is -2.21. The highest BCUT2D eigenvalue weighted by Gasteiger charge is 2.17.